The molecule has 12 rings (SSSR count). The van der Waals surface area contributed by atoms with Gasteiger partial charge in [-0.15, -0.1) is 10.2 Å². The number of nitrogens with zero attached hydrogens (tertiary/aromatic N) is 7. The molecule has 2 unspecified atom stereocenters. The summed E-state index contributed by atoms with van der Waals surface area (Å²) >= 11 is 0. The number of anilines is 4. The van der Waals surface area contributed by atoms with Crippen molar-refractivity contribution < 1.29 is 29.0 Å². The molecule has 340 valence electrons. The van der Waals surface area contributed by atoms with Crippen LogP contribution in [0.25, 0.3) is 11.3 Å². The molecule has 15 heteroatoms. The van der Waals surface area contributed by atoms with Crippen LogP contribution in [0.15, 0.2) is 72.8 Å². The number of nitrogens with one attached hydrogen (secondary N) is 1. The summed E-state index contributed by atoms with van der Waals surface area (Å²) in [7, 11) is 1.95. The van der Waals surface area contributed by atoms with Gasteiger partial charge in [-0.3, -0.25) is 14.9 Å². The Balaban J connectivity index is 0.668. The van der Waals surface area contributed by atoms with Crippen molar-refractivity contribution in [3.05, 3.63) is 78.4 Å². The van der Waals surface area contributed by atoms with Gasteiger partial charge in [0.1, 0.15) is 30.3 Å². The second-order valence-corrected chi connectivity index (χ2v) is 19.3. The van der Waals surface area contributed by atoms with E-state index in [0.29, 0.717) is 85.7 Å². The average molecular weight is 882 g/mol. The highest BCUT2D eigenvalue weighted by Gasteiger charge is 2.61. The Hall–Kier alpha value is -6.25. The summed E-state index contributed by atoms with van der Waals surface area (Å²) in [4.78, 5) is 49.2. The Morgan fingerprint density at radius 1 is 0.846 bits per heavy atom. The minimum Gasteiger partial charge on any atom is -0.507 e. The lowest BCUT2D eigenvalue weighted by Crippen LogP contribution is -2.54. The predicted molar refractivity (Wildman–Crippen MR) is 247 cm³/mol. The highest BCUT2D eigenvalue weighted by Crippen LogP contribution is 2.67. The molecular weight excluding hydrogens is 823 g/mol. The van der Waals surface area contributed by atoms with Crippen LogP contribution in [0.1, 0.15) is 62.8 Å². The number of phenolic OH excluding ortho intramolecular Hbond substituents is 1. The molecule has 4 N–H and O–H groups in total. The zero-order chi connectivity index (χ0) is 44.3. The summed E-state index contributed by atoms with van der Waals surface area (Å²) in [5.74, 6) is 4.97. The highest BCUT2D eigenvalue weighted by molar-refractivity contribution is 6.02. The van der Waals surface area contributed by atoms with E-state index >= 15 is 0 Å². The first-order chi connectivity index (χ1) is 31.7. The molecule has 0 spiro atoms. The molecule has 65 heavy (non-hydrogen) atoms. The molecule has 6 heterocycles. The Labute approximate surface area is 379 Å². The molecule has 3 aliphatic carbocycles. The van der Waals surface area contributed by atoms with Crippen molar-refractivity contribution in [1.29, 1.82) is 0 Å². The highest BCUT2D eigenvalue weighted by atomic mass is 16.5. The molecular formula is C50H59N9O6. The first-order valence-corrected chi connectivity index (χ1v) is 23.7. The lowest BCUT2D eigenvalue weighted by molar-refractivity contribution is -0.134. The van der Waals surface area contributed by atoms with E-state index in [2.05, 4.69) is 60.5 Å². The first kappa shape index (κ1) is 41.5. The number of rotatable bonds is 8. The van der Waals surface area contributed by atoms with E-state index in [1.807, 2.05) is 47.2 Å². The van der Waals surface area contributed by atoms with Crippen molar-refractivity contribution in [2.24, 2.45) is 23.7 Å². The number of piperidine rings is 3. The van der Waals surface area contributed by atoms with Gasteiger partial charge < -0.3 is 44.8 Å². The third-order valence-electron chi connectivity index (χ3n) is 15.9. The number of nitrogens with two attached hydrogens (primary N) is 1. The van der Waals surface area contributed by atoms with Crippen molar-refractivity contribution in [1.82, 2.24) is 25.3 Å². The summed E-state index contributed by atoms with van der Waals surface area (Å²) in [6.07, 6.45) is 6.51. The minimum atomic E-state index is -0.390. The fraction of sp³-hybridized carbons (Fsp3) is 0.500. The smallest absolute Gasteiger partial charge is 0.319 e. The molecule has 5 aliphatic heterocycles. The van der Waals surface area contributed by atoms with Crippen LogP contribution in [0.2, 0.25) is 0 Å². The number of urea groups is 1. The van der Waals surface area contributed by atoms with Crippen LogP contribution in [0.5, 0.6) is 17.2 Å². The number of para-hydroxylation sites is 2. The van der Waals surface area contributed by atoms with E-state index in [9.17, 15) is 19.5 Å². The van der Waals surface area contributed by atoms with Gasteiger partial charge in [0.25, 0.3) is 0 Å². The molecule has 0 radical (unpaired) electrons. The van der Waals surface area contributed by atoms with Crippen LogP contribution in [0.3, 0.4) is 0 Å². The van der Waals surface area contributed by atoms with Gasteiger partial charge in [0.2, 0.25) is 11.8 Å². The molecule has 8 aliphatic rings. The standard InChI is InChI=1S/C50H59N9O6/c1-55(32-14-19-56(20-15-32)39-9-5-10-40-47(39)64-25-24-59(40)41-12-13-44(61)52-49(41)62)50(63)57-21-16-33(17-22-57)65-34-7-4-6-30(26-34)45-37-27-31-29-58(23-18-35(37)46(31)45)42-28-38(53-54-48(42)51)36-8-2-3-11-43(36)60/h2-11,26,28,31-33,35,37,41,45-46,60H,12-25,27,29H2,1H3,(H2,51,54)(H,52,61,62)/t31-,35+,37+,41-,45?,46?/m0/s1. The van der Waals surface area contributed by atoms with Gasteiger partial charge in [-0.2, -0.15) is 0 Å². The molecule has 3 saturated carbocycles. The second-order valence-electron chi connectivity index (χ2n) is 19.3. The van der Waals surface area contributed by atoms with Crippen LogP contribution >= 0.6 is 0 Å². The normalized spacial score (nSPS) is 26.7. The number of likely N-dealkylation sites (tertiary alicyclic amines) is 1. The molecule has 4 aromatic rings. The number of fused-ring (bicyclic) bond motifs is 1. The maximum Gasteiger partial charge on any atom is 0.319 e. The fourth-order valence-corrected chi connectivity index (χ4v) is 12.7. The summed E-state index contributed by atoms with van der Waals surface area (Å²) in [6, 6.07) is 23.9. The van der Waals surface area contributed by atoms with E-state index in [1.165, 1.54) is 12.0 Å². The summed E-state index contributed by atoms with van der Waals surface area (Å²) in [6.45, 7) is 5.85. The zero-order valence-electron chi connectivity index (χ0n) is 37.1. The summed E-state index contributed by atoms with van der Waals surface area (Å²) in [5.41, 5.74) is 11.9. The van der Waals surface area contributed by atoms with Crippen molar-refractivity contribution >= 4 is 40.7 Å². The van der Waals surface area contributed by atoms with E-state index in [1.54, 1.807) is 12.1 Å². The van der Waals surface area contributed by atoms with E-state index in [4.69, 9.17) is 15.2 Å². The van der Waals surface area contributed by atoms with Crippen LogP contribution in [-0.2, 0) is 9.59 Å². The van der Waals surface area contributed by atoms with Gasteiger partial charge >= 0.3 is 6.03 Å². The maximum atomic E-state index is 13.9. The fourth-order valence-electron chi connectivity index (χ4n) is 12.7. The third-order valence-corrected chi connectivity index (χ3v) is 15.9. The number of hydrogen-bond acceptors (Lipinski definition) is 12. The zero-order valence-corrected chi connectivity index (χ0v) is 37.1. The molecule has 6 atom stereocenters. The third kappa shape index (κ3) is 7.59. The monoisotopic (exact) mass is 881 g/mol. The van der Waals surface area contributed by atoms with E-state index in [0.717, 1.165) is 86.8 Å². The van der Waals surface area contributed by atoms with Crippen LogP contribution < -0.4 is 35.2 Å². The Kier molecular flexibility index (Phi) is 10.8. The number of aromatic hydroxyl groups is 1. The number of carbonyl (C=O) groups is 3. The van der Waals surface area contributed by atoms with Gasteiger partial charge in [-0.05, 0) is 110 Å². The number of imide groups is 1. The number of phenols is 1. The average Bonchev–Trinajstić information content (AvgIpc) is 3.83. The van der Waals surface area contributed by atoms with Crippen molar-refractivity contribution in [2.45, 2.75) is 75.5 Å². The van der Waals surface area contributed by atoms with Crippen molar-refractivity contribution in [2.75, 3.05) is 79.9 Å². The van der Waals surface area contributed by atoms with Crippen LogP contribution in [-0.4, -0.2) is 121 Å². The maximum absolute atomic E-state index is 13.9. The molecule has 4 bridgehead atoms. The number of carbonyl (C=O) groups excluding carboxylic acids is 3. The van der Waals surface area contributed by atoms with Gasteiger partial charge in [0.05, 0.1) is 29.3 Å². The molecule has 1 aromatic heterocycles. The number of hydrogen-bond donors (Lipinski definition) is 3. The van der Waals surface area contributed by atoms with Crippen molar-refractivity contribution in [3.63, 3.8) is 0 Å². The topological polar surface area (TPSA) is 170 Å². The van der Waals surface area contributed by atoms with Gasteiger partial charge in [0, 0.05) is 77.2 Å². The van der Waals surface area contributed by atoms with Crippen molar-refractivity contribution in [3.8, 4) is 28.5 Å². The molecule has 4 saturated heterocycles. The lowest BCUT2D eigenvalue weighted by atomic mass is 9.59. The Morgan fingerprint density at radius 2 is 1.63 bits per heavy atom. The number of amides is 4. The minimum absolute atomic E-state index is 0.0594. The largest absolute Gasteiger partial charge is 0.507 e. The van der Waals surface area contributed by atoms with E-state index < -0.39 is 6.04 Å². The van der Waals surface area contributed by atoms with Crippen LogP contribution in [0, 0.1) is 23.7 Å². The first-order valence-electron chi connectivity index (χ1n) is 23.7. The SMILES string of the molecule is CN(C(=O)N1CCC(Oc2cccc(C3C4[C@H]5C[C@@H]3[C@H]4CCN(c3cc(-c4ccccc4O)nnc3N)C5)c2)CC1)C1CCN(c2cccc3c2OCCN3[C@H]2CCC(=O)NC2=O)CC1. The molecule has 15 nitrogen and oxygen atoms in total. The van der Waals surface area contributed by atoms with Gasteiger partial charge in [-0.1, -0.05) is 30.3 Å². The lowest BCUT2D eigenvalue weighted by Gasteiger charge is -2.45. The van der Waals surface area contributed by atoms with Gasteiger partial charge in [-0.25, -0.2) is 4.79 Å². The number of nitrogen functional groups attached to an aromatic ring is 1. The molecule has 7 fully saturated rings. The quantitative estimate of drug-likeness (QED) is 0.180. The summed E-state index contributed by atoms with van der Waals surface area (Å²) < 4.78 is 12.9. The number of ether oxygens (including phenoxy) is 2. The Bertz CT molecular complexity index is 2470. The number of benzene rings is 3. The molecule has 4 amide bonds. The molecule has 3 aromatic carbocycles. The number of aromatic nitrogens is 2. The van der Waals surface area contributed by atoms with Crippen LogP contribution in [0.4, 0.5) is 27.7 Å². The second kappa shape index (κ2) is 17.0. The Morgan fingerprint density at radius 3 is 2.45 bits per heavy atom. The summed E-state index contributed by atoms with van der Waals surface area (Å²) in [5, 5.41) is 21.6. The predicted octanol–water partition coefficient (Wildman–Crippen LogP) is 5.88. The van der Waals surface area contributed by atoms with Gasteiger partial charge in [0.15, 0.2) is 11.6 Å². The van der Waals surface area contributed by atoms with E-state index in [-0.39, 0.29) is 35.7 Å².